The Kier molecular flexibility index (Phi) is 5.12. The highest BCUT2D eigenvalue weighted by molar-refractivity contribution is 6.33. The Labute approximate surface area is 131 Å². The Hall–Kier alpha value is -2.40. The predicted molar refractivity (Wildman–Crippen MR) is 81.4 cm³/mol. The van der Waals surface area contributed by atoms with Crippen LogP contribution in [0.3, 0.4) is 0 Å². The molecule has 0 bridgehead atoms. The zero-order valence-corrected chi connectivity index (χ0v) is 12.4. The maximum absolute atomic E-state index is 13.5. The summed E-state index contributed by atoms with van der Waals surface area (Å²) in [5.41, 5.74) is 0.183. The van der Waals surface area contributed by atoms with Crippen molar-refractivity contribution in [3.05, 3.63) is 64.9 Å². The van der Waals surface area contributed by atoms with E-state index in [4.69, 9.17) is 16.3 Å². The number of rotatable bonds is 4. The summed E-state index contributed by atoms with van der Waals surface area (Å²) in [6.07, 6.45) is -1.09. The summed E-state index contributed by atoms with van der Waals surface area (Å²) < 4.78 is 18.5. The molecule has 114 valence electrons. The zero-order chi connectivity index (χ0) is 16.1. The van der Waals surface area contributed by atoms with Crippen LogP contribution in [0.1, 0.15) is 17.3 Å². The van der Waals surface area contributed by atoms with Gasteiger partial charge in [0.2, 0.25) is 0 Å². The first kappa shape index (κ1) is 16.0. The summed E-state index contributed by atoms with van der Waals surface area (Å²) in [6, 6.07) is 12.1. The number of carbonyl (C=O) groups is 2. The Morgan fingerprint density at radius 1 is 1.14 bits per heavy atom. The number of anilines is 1. The van der Waals surface area contributed by atoms with Crippen LogP contribution in [0.25, 0.3) is 0 Å². The maximum atomic E-state index is 13.5. The van der Waals surface area contributed by atoms with Gasteiger partial charge in [-0.15, -0.1) is 0 Å². The van der Waals surface area contributed by atoms with Crippen molar-refractivity contribution in [1.82, 2.24) is 0 Å². The molecule has 2 rings (SSSR count). The van der Waals surface area contributed by atoms with Crippen molar-refractivity contribution in [1.29, 1.82) is 0 Å². The first-order valence-corrected chi connectivity index (χ1v) is 6.87. The second-order valence-electron chi connectivity index (χ2n) is 4.50. The molecule has 0 fully saturated rings. The summed E-state index contributed by atoms with van der Waals surface area (Å²) in [4.78, 5) is 23.9. The van der Waals surface area contributed by atoms with Crippen molar-refractivity contribution < 1.29 is 18.7 Å². The summed E-state index contributed by atoms with van der Waals surface area (Å²) in [6.45, 7) is 1.39. The molecule has 0 aliphatic rings. The van der Waals surface area contributed by atoms with Crippen LogP contribution in [0.4, 0.5) is 10.1 Å². The van der Waals surface area contributed by atoms with E-state index in [9.17, 15) is 14.0 Å². The van der Waals surface area contributed by atoms with E-state index in [1.807, 2.05) is 0 Å². The highest BCUT2D eigenvalue weighted by Crippen LogP contribution is 2.17. The molecule has 0 spiro atoms. The normalized spacial score (nSPS) is 11.6. The number of para-hydroxylation sites is 1. The molecule has 0 heterocycles. The quantitative estimate of drug-likeness (QED) is 0.874. The van der Waals surface area contributed by atoms with Crippen LogP contribution < -0.4 is 5.32 Å². The molecule has 4 nitrogen and oxygen atoms in total. The van der Waals surface area contributed by atoms with Gasteiger partial charge in [-0.25, -0.2) is 9.18 Å². The van der Waals surface area contributed by atoms with E-state index in [0.717, 1.165) is 0 Å². The first-order valence-electron chi connectivity index (χ1n) is 6.50. The lowest BCUT2D eigenvalue weighted by Gasteiger charge is -2.14. The molecule has 2 aromatic rings. The molecule has 0 unspecified atom stereocenters. The van der Waals surface area contributed by atoms with Crippen LogP contribution in [0.2, 0.25) is 5.02 Å². The number of nitrogens with one attached hydrogen (secondary N) is 1. The first-order chi connectivity index (χ1) is 10.5. The van der Waals surface area contributed by atoms with E-state index in [0.29, 0.717) is 0 Å². The van der Waals surface area contributed by atoms with Crippen molar-refractivity contribution in [2.24, 2.45) is 0 Å². The van der Waals surface area contributed by atoms with Crippen LogP contribution in [0.5, 0.6) is 0 Å². The van der Waals surface area contributed by atoms with Crippen molar-refractivity contribution in [3.8, 4) is 0 Å². The van der Waals surface area contributed by atoms with Gasteiger partial charge >= 0.3 is 5.97 Å². The molecular formula is C16H13ClFNO3. The second-order valence-corrected chi connectivity index (χ2v) is 4.90. The Bertz CT molecular complexity index is 705. The number of esters is 1. The van der Waals surface area contributed by atoms with Gasteiger partial charge in [-0.2, -0.15) is 0 Å². The van der Waals surface area contributed by atoms with E-state index in [1.54, 1.807) is 24.3 Å². The lowest BCUT2D eigenvalue weighted by atomic mass is 10.2. The molecule has 0 radical (unpaired) electrons. The van der Waals surface area contributed by atoms with Gasteiger partial charge < -0.3 is 10.1 Å². The largest absolute Gasteiger partial charge is 0.449 e. The monoisotopic (exact) mass is 321 g/mol. The van der Waals surface area contributed by atoms with Gasteiger partial charge in [0.25, 0.3) is 5.91 Å². The highest BCUT2D eigenvalue weighted by Gasteiger charge is 2.21. The van der Waals surface area contributed by atoms with Gasteiger partial charge in [0, 0.05) is 0 Å². The van der Waals surface area contributed by atoms with E-state index in [2.05, 4.69) is 5.32 Å². The number of carbonyl (C=O) groups excluding carboxylic acids is 2. The Balaban J connectivity index is 2.01. The fourth-order valence-electron chi connectivity index (χ4n) is 1.70. The standard InChI is InChI=1S/C16H13ClFNO3/c1-10(15(20)19-14-9-5-4-8-13(14)18)22-16(21)11-6-2-3-7-12(11)17/h2-10H,1H3,(H,19,20)/t10-/m0/s1. The minimum Gasteiger partial charge on any atom is -0.449 e. The van der Waals surface area contributed by atoms with Gasteiger partial charge in [-0.3, -0.25) is 4.79 Å². The van der Waals surface area contributed by atoms with Crippen molar-refractivity contribution in [2.75, 3.05) is 5.32 Å². The number of hydrogen-bond acceptors (Lipinski definition) is 3. The molecule has 1 N–H and O–H groups in total. The number of benzene rings is 2. The average molecular weight is 322 g/mol. The molecule has 6 heteroatoms. The third-order valence-electron chi connectivity index (χ3n) is 2.88. The molecule has 2 aromatic carbocycles. The molecule has 0 saturated carbocycles. The minimum absolute atomic E-state index is 0.0214. The summed E-state index contributed by atoms with van der Waals surface area (Å²) in [7, 11) is 0. The molecule has 1 atom stereocenters. The number of hydrogen-bond donors (Lipinski definition) is 1. The maximum Gasteiger partial charge on any atom is 0.340 e. The lowest BCUT2D eigenvalue weighted by molar-refractivity contribution is -0.123. The molecule has 0 aliphatic carbocycles. The lowest BCUT2D eigenvalue weighted by Crippen LogP contribution is -2.30. The predicted octanol–water partition coefficient (Wildman–Crippen LogP) is 3.66. The third kappa shape index (κ3) is 3.83. The number of amides is 1. The third-order valence-corrected chi connectivity index (χ3v) is 3.21. The van der Waals surface area contributed by atoms with Gasteiger partial charge in [0.15, 0.2) is 6.10 Å². The molecule has 0 aromatic heterocycles. The van der Waals surface area contributed by atoms with E-state index >= 15 is 0 Å². The van der Waals surface area contributed by atoms with Gasteiger partial charge in [-0.1, -0.05) is 35.9 Å². The topological polar surface area (TPSA) is 55.4 Å². The summed E-state index contributed by atoms with van der Waals surface area (Å²) in [5.74, 6) is -1.92. The van der Waals surface area contributed by atoms with E-state index in [-0.39, 0.29) is 16.3 Å². The van der Waals surface area contributed by atoms with Crippen molar-refractivity contribution >= 4 is 29.2 Å². The second kappa shape index (κ2) is 7.04. The van der Waals surface area contributed by atoms with Gasteiger partial charge in [0.05, 0.1) is 16.3 Å². The van der Waals surface area contributed by atoms with Gasteiger partial charge in [0.1, 0.15) is 5.82 Å². The van der Waals surface area contributed by atoms with E-state index < -0.39 is 23.8 Å². The zero-order valence-electron chi connectivity index (χ0n) is 11.7. The molecular weight excluding hydrogens is 309 g/mol. The molecule has 1 amide bonds. The Morgan fingerprint density at radius 2 is 1.77 bits per heavy atom. The molecule has 22 heavy (non-hydrogen) atoms. The highest BCUT2D eigenvalue weighted by atomic mass is 35.5. The fourth-order valence-corrected chi connectivity index (χ4v) is 1.91. The van der Waals surface area contributed by atoms with Crippen molar-refractivity contribution in [3.63, 3.8) is 0 Å². The van der Waals surface area contributed by atoms with E-state index in [1.165, 1.54) is 31.2 Å². The average Bonchev–Trinajstić information content (AvgIpc) is 2.49. The summed E-state index contributed by atoms with van der Waals surface area (Å²) in [5, 5.41) is 2.59. The fraction of sp³-hybridized carbons (Fsp3) is 0.125. The number of ether oxygens (including phenoxy) is 1. The Morgan fingerprint density at radius 3 is 2.45 bits per heavy atom. The minimum atomic E-state index is -1.09. The molecule has 0 saturated heterocycles. The SMILES string of the molecule is C[C@H](OC(=O)c1ccccc1Cl)C(=O)Nc1ccccc1F. The van der Waals surface area contributed by atoms with Crippen LogP contribution in [-0.4, -0.2) is 18.0 Å². The van der Waals surface area contributed by atoms with Crippen LogP contribution in [0, 0.1) is 5.82 Å². The molecule has 0 aliphatic heterocycles. The number of halogens is 2. The van der Waals surface area contributed by atoms with Gasteiger partial charge in [-0.05, 0) is 31.2 Å². The summed E-state index contributed by atoms with van der Waals surface area (Å²) >= 11 is 5.88. The van der Waals surface area contributed by atoms with Crippen LogP contribution >= 0.6 is 11.6 Å². The van der Waals surface area contributed by atoms with Crippen LogP contribution in [0.15, 0.2) is 48.5 Å². The smallest absolute Gasteiger partial charge is 0.340 e. The van der Waals surface area contributed by atoms with Crippen LogP contribution in [-0.2, 0) is 9.53 Å². The van der Waals surface area contributed by atoms with Crippen molar-refractivity contribution in [2.45, 2.75) is 13.0 Å².